The van der Waals surface area contributed by atoms with Gasteiger partial charge >= 0.3 is 0 Å². The Morgan fingerprint density at radius 1 is 1.12 bits per heavy atom. The van der Waals surface area contributed by atoms with Gasteiger partial charge in [-0.3, -0.25) is 0 Å². The number of likely N-dealkylation sites (tertiary alicyclic amines) is 1. The van der Waals surface area contributed by atoms with Crippen molar-refractivity contribution >= 4 is 16.5 Å². The molecule has 1 aliphatic carbocycles. The van der Waals surface area contributed by atoms with Gasteiger partial charge in [0.1, 0.15) is 24.0 Å². The first-order chi connectivity index (χ1) is 16.3. The molecule has 178 valence electrons. The van der Waals surface area contributed by atoms with E-state index in [0.717, 1.165) is 30.0 Å². The summed E-state index contributed by atoms with van der Waals surface area (Å²) in [5, 5.41) is 9.34. The minimum Gasteiger partial charge on any atom is -0.490 e. The van der Waals surface area contributed by atoms with E-state index in [4.69, 9.17) is 14.2 Å². The van der Waals surface area contributed by atoms with Crippen LogP contribution < -0.4 is 9.64 Å². The summed E-state index contributed by atoms with van der Waals surface area (Å²) < 4.78 is 17.5. The van der Waals surface area contributed by atoms with Crippen LogP contribution >= 0.6 is 11.3 Å². The topological polar surface area (TPSA) is 60.0 Å². The van der Waals surface area contributed by atoms with Crippen molar-refractivity contribution in [3.8, 4) is 5.75 Å². The number of anilines is 1. The summed E-state index contributed by atoms with van der Waals surface area (Å²) >= 11 is 1.66. The lowest BCUT2D eigenvalue weighted by Crippen LogP contribution is -2.56. The molecule has 8 heteroatoms. The molecular formula is C25H34N4O3S. The molecule has 0 N–H and O–H groups in total. The van der Waals surface area contributed by atoms with E-state index in [2.05, 4.69) is 44.3 Å². The molecule has 2 unspecified atom stereocenters. The Morgan fingerprint density at radius 2 is 2.00 bits per heavy atom. The van der Waals surface area contributed by atoms with Crippen LogP contribution in [0.1, 0.15) is 43.6 Å². The standard InChI is InChI=1S/C25H34N4O3S/c1-2-4-23(32-15-21-14-30-11-12-31-21)22(3-1)19-6-9-28(10-7-19)20-5-8-25(13-20)16-29(17-25)24-27-26-18-33-24/h1-4,18-21H,5-17H2. The van der Waals surface area contributed by atoms with Crippen molar-refractivity contribution < 1.29 is 14.2 Å². The molecule has 1 spiro atoms. The van der Waals surface area contributed by atoms with Gasteiger partial charge in [0.25, 0.3) is 0 Å². The summed E-state index contributed by atoms with van der Waals surface area (Å²) in [6.07, 6.45) is 6.51. The minimum absolute atomic E-state index is 0.0395. The van der Waals surface area contributed by atoms with Crippen molar-refractivity contribution in [2.75, 3.05) is 57.5 Å². The van der Waals surface area contributed by atoms with E-state index in [-0.39, 0.29) is 6.10 Å². The summed E-state index contributed by atoms with van der Waals surface area (Å²) in [7, 11) is 0. The number of aromatic nitrogens is 2. The number of benzene rings is 1. The molecule has 2 aromatic rings. The predicted octanol–water partition coefficient (Wildman–Crippen LogP) is 3.57. The fraction of sp³-hybridized carbons (Fsp3) is 0.680. The highest BCUT2D eigenvalue weighted by Crippen LogP contribution is 2.49. The highest BCUT2D eigenvalue weighted by molar-refractivity contribution is 7.13. The second-order valence-corrected chi connectivity index (χ2v) is 11.0. The summed E-state index contributed by atoms with van der Waals surface area (Å²) in [5.41, 5.74) is 3.71. The Morgan fingerprint density at radius 3 is 2.79 bits per heavy atom. The molecule has 4 fully saturated rings. The fourth-order valence-electron chi connectivity index (χ4n) is 6.32. The lowest BCUT2D eigenvalue weighted by atomic mass is 9.78. The van der Waals surface area contributed by atoms with Crippen LogP contribution in [0.5, 0.6) is 5.75 Å². The zero-order valence-corrected chi connectivity index (χ0v) is 20.0. The van der Waals surface area contributed by atoms with E-state index in [0.29, 0.717) is 37.8 Å². The normalized spacial score (nSPS) is 28.2. The van der Waals surface area contributed by atoms with Crippen molar-refractivity contribution in [2.45, 2.75) is 50.2 Å². The van der Waals surface area contributed by atoms with Crippen molar-refractivity contribution in [3.05, 3.63) is 35.3 Å². The Hall–Kier alpha value is -1.74. The predicted molar refractivity (Wildman–Crippen MR) is 128 cm³/mol. The third-order valence-electron chi connectivity index (χ3n) is 8.06. The molecule has 1 aromatic carbocycles. The molecule has 3 saturated heterocycles. The number of piperidine rings is 1. The van der Waals surface area contributed by atoms with Crippen molar-refractivity contribution in [2.24, 2.45) is 5.41 Å². The maximum Gasteiger partial charge on any atom is 0.208 e. The zero-order valence-electron chi connectivity index (χ0n) is 19.2. The summed E-state index contributed by atoms with van der Waals surface area (Å²) in [4.78, 5) is 5.18. The van der Waals surface area contributed by atoms with E-state index < -0.39 is 0 Å². The fourth-order valence-corrected chi connectivity index (χ4v) is 6.88. The van der Waals surface area contributed by atoms with Crippen LogP contribution in [0.4, 0.5) is 5.13 Å². The smallest absolute Gasteiger partial charge is 0.208 e. The van der Waals surface area contributed by atoms with Gasteiger partial charge in [-0.2, -0.15) is 0 Å². The number of ether oxygens (including phenoxy) is 3. The maximum atomic E-state index is 6.21. The zero-order chi connectivity index (χ0) is 22.1. The number of para-hydroxylation sites is 1. The molecule has 6 rings (SSSR count). The average Bonchev–Trinajstić information content (AvgIpc) is 3.53. The van der Waals surface area contributed by atoms with E-state index in [1.54, 1.807) is 11.3 Å². The molecule has 0 bridgehead atoms. The van der Waals surface area contributed by atoms with Crippen LogP contribution in [0.15, 0.2) is 29.8 Å². The monoisotopic (exact) mass is 470 g/mol. The van der Waals surface area contributed by atoms with Crippen LogP contribution in [0.25, 0.3) is 0 Å². The number of hydrogen-bond donors (Lipinski definition) is 0. The van der Waals surface area contributed by atoms with Gasteiger partial charge in [-0.1, -0.05) is 29.5 Å². The SMILES string of the molecule is c1ccc(C2CCN(C3CCC4(C3)CN(c3nncs3)C4)CC2)c(OCC2COCCO2)c1. The van der Waals surface area contributed by atoms with Crippen LogP contribution in [0, 0.1) is 5.41 Å². The van der Waals surface area contributed by atoms with Crippen molar-refractivity contribution in [3.63, 3.8) is 0 Å². The second-order valence-electron chi connectivity index (χ2n) is 10.2. The van der Waals surface area contributed by atoms with Crippen molar-refractivity contribution in [1.29, 1.82) is 0 Å². The Kier molecular flexibility index (Phi) is 6.26. The third kappa shape index (κ3) is 4.63. The van der Waals surface area contributed by atoms with Gasteiger partial charge in [-0.05, 0) is 62.7 Å². The van der Waals surface area contributed by atoms with Crippen LogP contribution in [-0.4, -0.2) is 79.8 Å². The van der Waals surface area contributed by atoms with Gasteiger partial charge in [-0.25, -0.2) is 0 Å². The molecule has 1 saturated carbocycles. The quantitative estimate of drug-likeness (QED) is 0.640. The molecular weight excluding hydrogens is 436 g/mol. The minimum atomic E-state index is 0.0395. The highest BCUT2D eigenvalue weighted by Gasteiger charge is 2.50. The van der Waals surface area contributed by atoms with Crippen molar-refractivity contribution in [1.82, 2.24) is 15.1 Å². The second kappa shape index (κ2) is 9.49. The van der Waals surface area contributed by atoms with Gasteiger partial charge in [0.2, 0.25) is 5.13 Å². The Balaban J connectivity index is 1.01. The molecule has 7 nitrogen and oxygen atoms in total. The first-order valence-corrected chi connectivity index (χ1v) is 13.3. The lowest BCUT2D eigenvalue weighted by molar-refractivity contribution is -0.101. The third-order valence-corrected chi connectivity index (χ3v) is 8.81. The van der Waals surface area contributed by atoms with Crippen LogP contribution in [0.2, 0.25) is 0 Å². The van der Waals surface area contributed by atoms with Crippen LogP contribution in [-0.2, 0) is 9.47 Å². The average molecular weight is 471 g/mol. The van der Waals surface area contributed by atoms with Gasteiger partial charge in [-0.15, -0.1) is 10.2 Å². The first kappa shape index (κ1) is 21.8. The van der Waals surface area contributed by atoms with E-state index in [9.17, 15) is 0 Å². The number of nitrogens with zero attached hydrogens (tertiary/aromatic N) is 4. The van der Waals surface area contributed by atoms with E-state index in [1.807, 2.05) is 5.51 Å². The van der Waals surface area contributed by atoms with E-state index >= 15 is 0 Å². The number of hydrogen-bond acceptors (Lipinski definition) is 8. The summed E-state index contributed by atoms with van der Waals surface area (Å²) in [6, 6.07) is 9.35. The molecule has 3 aliphatic heterocycles. The first-order valence-electron chi connectivity index (χ1n) is 12.4. The van der Waals surface area contributed by atoms with Crippen LogP contribution in [0.3, 0.4) is 0 Å². The van der Waals surface area contributed by atoms with Gasteiger partial charge in [0, 0.05) is 24.5 Å². The molecule has 4 aliphatic rings. The highest BCUT2D eigenvalue weighted by atomic mass is 32.1. The Bertz CT molecular complexity index is 906. The maximum absolute atomic E-state index is 6.21. The Labute approximate surface area is 200 Å². The van der Waals surface area contributed by atoms with Gasteiger partial charge in [0.05, 0.1) is 19.8 Å². The van der Waals surface area contributed by atoms with Gasteiger partial charge in [0.15, 0.2) is 0 Å². The molecule has 0 amide bonds. The molecule has 0 radical (unpaired) electrons. The molecule has 4 heterocycles. The van der Waals surface area contributed by atoms with E-state index in [1.165, 1.54) is 50.8 Å². The molecule has 33 heavy (non-hydrogen) atoms. The largest absolute Gasteiger partial charge is 0.490 e. The summed E-state index contributed by atoms with van der Waals surface area (Å²) in [5.74, 6) is 1.60. The number of rotatable bonds is 6. The van der Waals surface area contributed by atoms with Gasteiger partial charge < -0.3 is 24.0 Å². The molecule has 2 atom stereocenters. The lowest BCUT2D eigenvalue weighted by Gasteiger charge is -2.48. The summed E-state index contributed by atoms with van der Waals surface area (Å²) in [6.45, 7) is 7.26. The molecule has 1 aromatic heterocycles.